The monoisotopic (exact) mass is 273 g/mol. The summed E-state index contributed by atoms with van der Waals surface area (Å²) in [4.78, 5) is 0. The van der Waals surface area contributed by atoms with Gasteiger partial charge >= 0.3 is 0 Å². The molecule has 0 spiro atoms. The molecule has 0 bridgehead atoms. The molecule has 1 unspecified atom stereocenters. The fourth-order valence-corrected chi connectivity index (χ4v) is 2.35. The van der Waals surface area contributed by atoms with Crippen molar-refractivity contribution in [1.29, 1.82) is 0 Å². The number of rotatable bonds is 1. The smallest absolute Gasteiger partial charge is 0.0145 e. The Morgan fingerprint density at radius 1 is 1.33 bits per heavy atom. The van der Waals surface area contributed by atoms with Gasteiger partial charge in [-0.05, 0) is 65.7 Å². The van der Waals surface area contributed by atoms with Gasteiger partial charge in [-0.15, -0.1) is 0 Å². The molecule has 1 aromatic rings. The number of likely N-dealkylation sites (N-methyl/N-ethyl adjacent to an activating group) is 1. The van der Waals surface area contributed by atoms with E-state index in [2.05, 4.69) is 46.1 Å². The van der Waals surface area contributed by atoms with Crippen LogP contribution in [-0.4, -0.2) is 13.1 Å². The molecule has 1 atom stereocenters. The molecule has 1 N–H and O–H groups in total. The molecule has 2 rings (SSSR count). The first-order valence-electron chi connectivity index (χ1n) is 4.24. The van der Waals surface area contributed by atoms with Crippen LogP contribution in [0.15, 0.2) is 18.2 Å². The van der Waals surface area contributed by atoms with Gasteiger partial charge < -0.3 is 5.32 Å². The summed E-state index contributed by atoms with van der Waals surface area (Å²) in [5, 5.41) is 3.33. The molecule has 0 saturated carbocycles. The topological polar surface area (TPSA) is 12.0 Å². The van der Waals surface area contributed by atoms with E-state index in [-0.39, 0.29) is 0 Å². The van der Waals surface area contributed by atoms with Crippen LogP contribution in [0.25, 0.3) is 0 Å². The molecular formula is C10H12IN. The molecule has 0 fully saturated rings. The van der Waals surface area contributed by atoms with Crippen LogP contribution in [0.2, 0.25) is 0 Å². The van der Waals surface area contributed by atoms with E-state index in [1.54, 1.807) is 0 Å². The van der Waals surface area contributed by atoms with E-state index in [0.29, 0.717) is 6.04 Å². The van der Waals surface area contributed by atoms with Gasteiger partial charge in [0, 0.05) is 9.61 Å². The fourth-order valence-electron chi connectivity index (χ4n) is 1.79. The van der Waals surface area contributed by atoms with E-state index in [9.17, 15) is 0 Å². The van der Waals surface area contributed by atoms with Crippen molar-refractivity contribution in [1.82, 2.24) is 5.32 Å². The molecule has 0 aromatic heterocycles. The first-order chi connectivity index (χ1) is 5.79. The lowest BCUT2D eigenvalue weighted by Crippen LogP contribution is -2.24. The first-order valence-corrected chi connectivity index (χ1v) is 5.32. The summed E-state index contributed by atoms with van der Waals surface area (Å²) >= 11 is 2.37. The predicted octanol–water partition coefficient (Wildman–Crippen LogP) is 1.98. The maximum Gasteiger partial charge on any atom is 0.0145 e. The Kier molecular flexibility index (Phi) is 2.37. The highest BCUT2D eigenvalue weighted by molar-refractivity contribution is 14.1. The van der Waals surface area contributed by atoms with Crippen LogP contribution >= 0.6 is 22.6 Å². The van der Waals surface area contributed by atoms with Crippen molar-refractivity contribution in [2.45, 2.75) is 18.9 Å². The molecule has 0 amide bonds. The molecule has 12 heavy (non-hydrogen) atoms. The molecule has 64 valence electrons. The zero-order valence-corrected chi connectivity index (χ0v) is 9.26. The SMILES string of the molecule is CNC1Cc2ccc(I)cc2C1. The van der Waals surface area contributed by atoms with E-state index in [1.807, 2.05) is 7.05 Å². The third-order valence-corrected chi connectivity index (χ3v) is 3.18. The maximum atomic E-state index is 3.33. The zero-order chi connectivity index (χ0) is 8.55. The quantitative estimate of drug-likeness (QED) is 0.771. The zero-order valence-electron chi connectivity index (χ0n) is 7.10. The van der Waals surface area contributed by atoms with Crippen molar-refractivity contribution in [2.24, 2.45) is 0 Å². The van der Waals surface area contributed by atoms with Gasteiger partial charge in [-0.25, -0.2) is 0 Å². The van der Waals surface area contributed by atoms with Crippen LogP contribution in [0.1, 0.15) is 11.1 Å². The molecule has 0 heterocycles. The Morgan fingerprint density at radius 2 is 2.08 bits per heavy atom. The first kappa shape index (κ1) is 8.51. The van der Waals surface area contributed by atoms with Crippen LogP contribution in [-0.2, 0) is 12.8 Å². The summed E-state index contributed by atoms with van der Waals surface area (Å²) in [6.07, 6.45) is 2.39. The largest absolute Gasteiger partial charge is 0.316 e. The van der Waals surface area contributed by atoms with Crippen molar-refractivity contribution in [3.8, 4) is 0 Å². The Balaban J connectivity index is 2.30. The average Bonchev–Trinajstić information content (AvgIpc) is 2.46. The van der Waals surface area contributed by atoms with Crippen LogP contribution < -0.4 is 5.32 Å². The number of nitrogens with one attached hydrogen (secondary N) is 1. The Labute approximate surface area is 86.7 Å². The average molecular weight is 273 g/mol. The molecule has 1 nitrogen and oxygen atoms in total. The molecular weight excluding hydrogens is 261 g/mol. The van der Waals surface area contributed by atoms with Gasteiger partial charge in [0.25, 0.3) is 0 Å². The maximum absolute atomic E-state index is 3.33. The summed E-state index contributed by atoms with van der Waals surface area (Å²) in [5.41, 5.74) is 3.05. The number of halogens is 1. The molecule has 1 aliphatic rings. The second kappa shape index (κ2) is 3.34. The lowest BCUT2D eigenvalue weighted by Gasteiger charge is -2.04. The molecule has 0 aliphatic heterocycles. The van der Waals surface area contributed by atoms with E-state index in [4.69, 9.17) is 0 Å². The molecule has 0 radical (unpaired) electrons. The fraction of sp³-hybridized carbons (Fsp3) is 0.400. The standard InChI is InChI=1S/C10H12IN/c1-12-10-5-7-2-3-9(11)4-8(7)6-10/h2-4,10,12H,5-6H2,1H3. The van der Waals surface area contributed by atoms with Crippen molar-refractivity contribution in [2.75, 3.05) is 7.05 Å². The van der Waals surface area contributed by atoms with Gasteiger partial charge in [0.2, 0.25) is 0 Å². The minimum Gasteiger partial charge on any atom is -0.316 e. The Bertz CT molecular complexity index is 296. The minimum absolute atomic E-state index is 0.665. The molecule has 1 aliphatic carbocycles. The summed E-state index contributed by atoms with van der Waals surface area (Å²) in [6.45, 7) is 0. The minimum atomic E-state index is 0.665. The number of hydrogen-bond acceptors (Lipinski definition) is 1. The van der Waals surface area contributed by atoms with Gasteiger partial charge in [0.05, 0.1) is 0 Å². The van der Waals surface area contributed by atoms with Gasteiger partial charge in [-0.1, -0.05) is 6.07 Å². The summed E-state index contributed by atoms with van der Waals surface area (Å²) in [5.74, 6) is 0. The van der Waals surface area contributed by atoms with Crippen LogP contribution in [0.5, 0.6) is 0 Å². The number of fused-ring (bicyclic) bond motifs is 1. The third kappa shape index (κ3) is 1.50. The third-order valence-electron chi connectivity index (χ3n) is 2.51. The van der Waals surface area contributed by atoms with Gasteiger partial charge in [-0.3, -0.25) is 0 Å². The highest BCUT2D eigenvalue weighted by Gasteiger charge is 2.19. The lowest BCUT2D eigenvalue weighted by atomic mass is 10.1. The lowest BCUT2D eigenvalue weighted by molar-refractivity contribution is 0.593. The van der Waals surface area contributed by atoms with Crippen LogP contribution in [0.4, 0.5) is 0 Å². The van der Waals surface area contributed by atoms with Crippen molar-refractivity contribution >= 4 is 22.6 Å². The number of benzene rings is 1. The normalized spacial score (nSPS) is 21.0. The van der Waals surface area contributed by atoms with Gasteiger partial charge in [0.15, 0.2) is 0 Å². The highest BCUT2D eigenvalue weighted by atomic mass is 127. The summed E-state index contributed by atoms with van der Waals surface area (Å²) in [7, 11) is 2.04. The molecule has 1 aromatic carbocycles. The molecule has 2 heteroatoms. The molecule has 0 saturated heterocycles. The van der Waals surface area contributed by atoms with E-state index < -0.39 is 0 Å². The van der Waals surface area contributed by atoms with E-state index in [0.717, 1.165) is 0 Å². The predicted molar refractivity (Wildman–Crippen MR) is 59.4 cm³/mol. The Morgan fingerprint density at radius 3 is 2.83 bits per heavy atom. The number of hydrogen-bond donors (Lipinski definition) is 1. The summed E-state index contributed by atoms with van der Waals surface area (Å²) < 4.78 is 1.35. The van der Waals surface area contributed by atoms with Gasteiger partial charge in [0.1, 0.15) is 0 Å². The summed E-state index contributed by atoms with van der Waals surface area (Å²) in [6, 6.07) is 7.41. The Hall–Kier alpha value is -0.0900. The van der Waals surface area contributed by atoms with E-state index in [1.165, 1.54) is 27.5 Å². The second-order valence-electron chi connectivity index (χ2n) is 3.31. The van der Waals surface area contributed by atoms with Crippen molar-refractivity contribution < 1.29 is 0 Å². The van der Waals surface area contributed by atoms with Crippen LogP contribution in [0, 0.1) is 3.57 Å². The van der Waals surface area contributed by atoms with Crippen LogP contribution in [0.3, 0.4) is 0 Å². The second-order valence-corrected chi connectivity index (χ2v) is 4.55. The van der Waals surface area contributed by atoms with E-state index >= 15 is 0 Å². The van der Waals surface area contributed by atoms with Crippen molar-refractivity contribution in [3.63, 3.8) is 0 Å². The van der Waals surface area contributed by atoms with Gasteiger partial charge in [-0.2, -0.15) is 0 Å². The van der Waals surface area contributed by atoms with Crippen molar-refractivity contribution in [3.05, 3.63) is 32.9 Å². The highest BCUT2D eigenvalue weighted by Crippen LogP contribution is 2.23.